The summed E-state index contributed by atoms with van der Waals surface area (Å²) in [6, 6.07) is 13.3. The molecule has 0 unspecified atom stereocenters. The van der Waals surface area contributed by atoms with E-state index in [4.69, 9.17) is 0 Å². The van der Waals surface area contributed by atoms with Gasteiger partial charge in [-0.05, 0) is 46.9 Å². The van der Waals surface area contributed by atoms with E-state index in [9.17, 15) is 4.79 Å². The Morgan fingerprint density at radius 1 is 1.16 bits per heavy atom. The third kappa shape index (κ3) is 2.46. The van der Waals surface area contributed by atoms with Crippen molar-refractivity contribution < 1.29 is 4.79 Å². The summed E-state index contributed by atoms with van der Waals surface area (Å²) in [5, 5.41) is 2.87. The maximum atomic E-state index is 12.1. The molecule has 0 saturated heterocycles. The fraction of sp³-hybridized carbons (Fsp3) is 0. The van der Waals surface area contributed by atoms with Crippen molar-refractivity contribution in [1.82, 2.24) is 9.38 Å². The van der Waals surface area contributed by atoms with E-state index in [1.54, 1.807) is 6.20 Å². The van der Waals surface area contributed by atoms with Gasteiger partial charge < -0.3 is 9.72 Å². The molecule has 4 nitrogen and oxygen atoms in total. The Balaban J connectivity index is 1.90. The van der Waals surface area contributed by atoms with Crippen molar-refractivity contribution in [3.63, 3.8) is 0 Å². The molecule has 5 heteroatoms. The summed E-state index contributed by atoms with van der Waals surface area (Å²) >= 11 is 2.19. The lowest BCUT2D eigenvalue weighted by atomic mass is 10.3. The lowest BCUT2D eigenvalue weighted by Gasteiger charge is -2.04. The van der Waals surface area contributed by atoms with Crippen molar-refractivity contribution in [2.75, 3.05) is 5.32 Å². The summed E-state index contributed by atoms with van der Waals surface area (Å²) in [5.74, 6) is -0.201. The molecular formula is C14H10IN3O. The number of nitrogens with one attached hydrogen (secondary N) is 1. The number of imidazole rings is 1. The molecule has 19 heavy (non-hydrogen) atoms. The Morgan fingerprint density at radius 3 is 2.74 bits per heavy atom. The van der Waals surface area contributed by atoms with Crippen LogP contribution in [0, 0.1) is 3.57 Å². The summed E-state index contributed by atoms with van der Waals surface area (Å²) in [5.41, 5.74) is 1.96. The quantitative estimate of drug-likeness (QED) is 0.711. The minimum Gasteiger partial charge on any atom is -0.320 e. The Morgan fingerprint density at radius 2 is 1.95 bits per heavy atom. The number of hydrogen-bond acceptors (Lipinski definition) is 2. The molecule has 1 amide bonds. The number of hydrogen-bond donors (Lipinski definition) is 1. The van der Waals surface area contributed by atoms with Crippen LogP contribution in [-0.4, -0.2) is 15.3 Å². The molecular weight excluding hydrogens is 353 g/mol. The van der Waals surface area contributed by atoms with Crippen LogP contribution in [-0.2, 0) is 0 Å². The van der Waals surface area contributed by atoms with Crippen LogP contribution in [0.15, 0.2) is 54.9 Å². The van der Waals surface area contributed by atoms with Crippen molar-refractivity contribution in [1.29, 1.82) is 0 Å². The second-order valence-electron chi connectivity index (χ2n) is 4.03. The average Bonchev–Trinajstić information content (AvgIpc) is 2.85. The first-order valence-electron chi connectivity index (χ1n) is 5.74. The average molecular weight is 363 g/mol. The maximum Gasteiger partial charge on any atom is 0.275 e. The highest BCUT2D eigenvalue weighted by Crippen LogP contribution is 2.17. The highest BCUT2D eigenvalue weighted by atomic mass is 127. The fourth-order valence-electron chi connectivity index (χ4n) is 1.79. The van der Waals surface area contributed by atoms with Crippen molar-refractivity contribution in [3.8, 4) is 0 Å². The van der Waals surface area contributed by atoms with Gasteiger partial charge in [-0.25, -0.2) is 4.98 Å². The zero-order valence-electron chi connectivity index (χ0n) is 9.88. The van der Waals surface area contributed by atoms with Gasteiger partial charge in [0.25, 0.3) is 5.91 Å². The van der Waals surface area contributed by atoms with Crippen molar-refractivity contribution in [2.24, 2.45) is 0 Å². The summed E-state index contributed by atoms with van der Waals surface area (Å²) in [7, 11) is 0. The zero-order valence-corrected chi connectivity index (χ0v) is 12.0. The van der Waals surface area contributed by atoms with Crippen LogP contribution < -0.4 is 5.32 Å². The number of halogens is 1. The van der Waals surface area contributed by atoms with E-state index in [1.165, 1.54) is 0 Å². The van der Waals surface area contributed by atoms with Gasteiger partial charge in [0.1, 0.15) is 11.3 Å². The van der Waals surface area contributed by atoms with Crippen LogP contribution in [0.3, 0.4) is 0 Å². The smallest absolute Gasteiger partial charge is 0.275 e. The van der Waals surface area contributed by atoms with Crippen molar-refractivity contribution in [2.45, 2.75) is 0 Å². The van der Waals surface area contributed by atoms with Crippen molar-refractivity contribution in [3.05, 3.63) is 64.1 Å². The Kier molecular flexibility index (Phi) is 3.20. The molecule has 2 aromatic heterocycles. The van der Waals surface area contributed by atoms with Crippen LogP contribution >= 0.6 is 22.6 Å². The number of pyridine rings is 1. The van der Waals surface area contributed by atoms with Crippen LogP contribution in [0.1, 0.15) is 10.5 Å². The maximum absolute atomic E-state index is 12.1. The zero-order chi connectivity index (χ0) is 13.2. The van der Waals surface area contributed by atoms with E-state index in [0.717, 1.165) is 14.9 Å². The molecule has 0 spiro atoms. The fourth-order valence-corrected chi connectivity index (χ4v) is 2.32. The van der Waals surface area contributed by atoms with Gasteiger partial charge in [0.05, 0.1) is 5.69 Å². The number of benzene rings is 1. The number of para-hydroxylation sites is 1. The number of carbonyl (C=O) groups is 1. The molecule has 1 aromatic carbocycles. The van der Waals surface area contributed by atoms with E-state index in [-0.39, 0.29) is 5.91 Å². The SMILES string of the molecule is O=C(Nc1ccccc1I)c1cn2ccccc2n1. The molecule has 0 aliphatic heterocycles. The van der Waals surface area contributed by atoms with Crippen LogP contribution in [0.4, 0.5) is 5.69 Å². The van der Waals surface area contributed by atoms with Gasteiger partial charge >= 0.3 is 0 Å². The number of carbonyl (C=O) groups excluding carboxylic acids is 1. The summed E-state index contributed by atoms with van der Waals surface area (Å²) in [6.45, 7) is 0. The molecule has 94 valence electrons. The molecule has 2 heterocycles. The minimum absolute atomic E-state index is 0.201. The highest BCUT2D eigenvalue weighted by molar-refractivity contribution is 14.1. The molecule has 0 atom stereocenters. The van der Waals surface area contributed by atoms with Gasteiger partial charge in [-0.3, -0.25) is 4.79 Å². The Labute approximate surface area is 123 Å². The highest BCUT2D eigenvalue weighted by Gasteiger charge is 2.11. The number of aromatic nitrogens is 2. The van der Waals surface area contributed by atoms with Gasteiger partial charge in [-0.1, -0.05) is 18.2 Å². The Bertz CT molecular complexity index is 718. The topological polar surface area (TPSA) is 46.4 Å². The van der Waals surface area contributed by atoms with Gasteiger partial charge in [-0.2, -0.15) is 0 Å². The molecule has 0 aliphatic carbocycles. The van der Waals surface area contributed by atoms with Crippen LogP contribution in [0.5, 0.6) is 0 Å². The van der Waals surface area contributed by atoms with Gasteiger partial charge in [0.15, 0.2) is 0 Å². The first-order valence-corrected chi connectivity index (χ1v) is 6.81. The number of anilines is 1. The van der Waals surface area contributed by atoms with E-state index < -0.39 is 0 Å². The third-order valence-corrected chi connectivity index (χ3v) is 3.66. The predicted octanol–water partition coefficient (Wildman–Crippen LogP) is 3.19. The number of nitrogens with zero attached hydrogens (tertiary/aromatic N) is 2. The van der Waals surface area contributed by atoms with Gasteiger partial charge in [0.2, 0.25) is 0 Å². The third-order valence-electron chi connectivity index (χ3n) is 2.72. The second kappa shape index (κ2) is 5.00. The van der Waals surface area contributed by atoms with Gasteiger partial charge in [0, 0.05) is 16.0 Å². The monoisotopic (exact) mass is 363 g/mol. The summed E-state index contributed by atoms with van der Waals surface area (Å²) in [6.07, 6.45) is 3.59. The molecule has 0 fully saturated rings. The first kappa shape index (κ1) is 12.2. The molecule has 0 aliphatic rings. The van der Waals surface area contributed by atoms with E-state index in [1.807, 2.05) is 53.1 Å². The van der Waals surface area contributed by atoms with Crippen LogP contribution in [0.2, 0.25) is 0 Å². The summed E-state index contributed by atoms with van der Waals surface area (Å²) < 4.78 is 2.82. The number of rotatable bonds is 2. The molecule has 3 rings (SSSR count). The molecule has 0 radical (unpaired) electrons. The molecule has 1 N–H and O–H groups in total. The lowest BCUT2D eigenvalue weighted by Crippen LogP contribution is -2.13. The normalized spacial score (nSPS) is 10.6. The van der Waals surface area contributed by atoms with E-state index in [0.29, 0.717) is 5.69 Å². The Hall–Kier alpha value is -1.89. The summed E-state index contributed by atoms with van der Waals surface area (Å²) in [4.78, 5) is 16.4. The predicted molar refractivity (Wildman–Crippen MR) is 82.3 cm³/mol. The molecule has 3 aromatic rings. The first-order chi connectivity index (χ1) is 9.24. The largest absolute Gasteiger partial charge is 0.320 e. The lowest BCUT2D eigenvalue weighted by molar-refractivity contribution is 0.102. The van der Waals surface area contributed by atoms with Gasteiger partial charge in [-0.15, -0.1) is 0 Å². The molecule has 0 saturated carbocycles. The second-order valence-corrected chi connectivity index (χ2v) is 5.19. The van der Waals surface area contributed by atoms with Crippen LogP contribution in [0.25, 0.3) is 5.65 Å². The number of fused-ring (bicyclic) bond motifs is 1. The van der Waals surface area contributed by atoms with E-state index in [2.05, 4.69) is 32.9 Å². The standard InChI is InChI=1S/C14H10IN3O/c15-10-5-1-2-6-11(10)17-14(19)12-9-18-8-4-3-7-13(18)16-12/h1-9H,(H,17,19). The number of amides is 1. The molecule has 0 bridgehead atoms. The van der Waals surface area contributed by atoms with Crippen molar-refractivity contribution >= 4 is 39.8 Å². The minimum atomic E-state index is -0.201. The van der Waals surface area contributed by atoms with E-state index >= 15 is 0 Å².